The molecule has 2 aromatic rings. The number of rotatable bonds is 20. The Hall–Kier alpha value is -7.37. The second kappa shape index (κ2) is 29.6. The second-order valence-electron chi connectivity index (χ2n) is 35.0. The Morgan fingerprint density at radius 2 is 0.877 bits per heavy atom. The molecule has 4 amide bonds. The largest absolute Gasteiger partial charge is 0.463 e. The van der Waals surface area contributed by atoms with Gasteiger partial charge in [0.1, 0.15) is 55.2 Å². The van der Waals surface area contributed by atoms with Crippen LogP contribution in [0.4, 0.5) is 0 Å². The highest BCUT2D eigenvalue weighted by molar-refractivity contribution is 6.12. The Labute approximate surface area is 618 Å². The van der Waals surface area contributed by atoms with E-state index in [-0.39, 0.29) is 248 Å². The summed E-state index contributed by atoms with van der Waals surface area (Å²) in [6.07, 6.45) is 7.96. The van der Waals surface area contributed by atoms with Crippen LogP contribution in [0.25, 0.3) is 0 Å². The number of aliphatic hydroxyl groups excluding tert-OH is 3. The number of likely N-dealkylation sites (tertiary alicyclic amines) is 1. The third kappa shape index (κ3) is 12.9. The van der Waals surface area contributed by atoms with E-state index in [0.29, 0.717) is 31.1 Å². The molecule has 10 saturated carbocycles. The lowest BCUT2D eigenvalue weighted by atomic mass is 9.57. The van der Waals surface area contributed by atoms with Crippen molar-refractivity contribution in [1.82, 2.24) is 10.2 Å². The molecule has 0 radical (unpaired) electrons. The van der Waals surface area contributed by atoms with Gasteiger partial charge in [0, 0.05) is 49.5 Å². The van der Waals surface area contributed by atoms with Gasteiger partial charge in [-0.2, -0.15) is 0 Å². The number of nitrogens with one attached hydrogen (secondary N) is 1. The van der Waals surface area contributed by atoms with E-state index in [1.54, 1.807) is 6.92 Å². The first-order valence-corrected chi connectivity index (χ1v) is 39.3. The number of aliphatic hydroxyl groups is 3. The van der Waals surface area contributed by atoms with Crippen LogP contribution in [0.1, 0.15) is 154 Å². The molecular weight excluding hydrogens is 1360 g/mol. The predicted octanol–water partition coefficient (Wildman–Crippen LogP) is 6.98. The molecule has 0 spiro atoms. The molecule has 2 aromatic carbocycles. The van der Waals surface area contributed by atoms with Gasteiger partial charge in [-0.15, -0.1) is 0 Å². The Balaban J connectivity index is 0.000000135. The average Bonchev–Trinajstić information content (AvgIpc) is 1.55. The number of ketones is 4. The van der Waals surface area contributed by atoms with Crippen LogP contribution in [-0.2, 0) is 98.9 Å². The quantitative estimate of drug-likeness (QED) is 0.0449. The number of benzene rings is 2. The summed E-state index contributed by atoms with van der Waals surface area (Å²) < 4.78 is 27.8. The molecule has 23 nitrogen and oxygen atoms in total. The highest BCUT2D eigenvalue weighted by Gasteiger charge is 2.69. The average molecular weight is 1470 g/mol. The molecule has 23 heteroatoms. The van der Waals surface area contributed by atoms with Crippen molar-refractivity contribution in [3.8, 4) is 0 Å². The zero-order valence-corrected chi connectivity index (χ0v) is 62.0. The number of amides is 4. The summed E-state index contributed by atoms with van der Waals surface area (Å²) in [5, 5.41) is 29.5. The topological polar surface area (TPSA) is 344 Å². The molecule has 572 valence electrons. The molecule has 106 heavy (non-hydrogen) atoms. The Bertz CT molecular complexity index is 3900. The second-order valence-corrected chi connectivity index (χ2v) is 35.0. The molecule has 4 N–H and O–H groups in total. The maximum Gasteiger partial charge on any atom is 0.311 e. The molecule has 2 aliphatic heterocycles. The van der Waals surface area contributed by atoms with E-state index in [0.717, 1.165) is 67.4 Å². The lowest BCUT2D eigenvalue weighted by Gasteiger charge is -2.47. The van der Waals surface area contributed by atoms with E-state index >= 15 is 0 Å². The third-order valence-corrected chi connectivity index (χ3v) is 29.7. The van der Waals surface area contributed by atoms with Gasteiger partial charge in [-0.05, 0) is 189 Å². The smallest absolute Gasteiger partial charge is 0.311 e. The summed E-state index contributed by atoms with van der Waals surface area (Å²) in [7, 11) is 1.42. The van der Waals surface area contributed by atoms with E-state index in [2.05, 4.69) is 24.4 Å². The number of carbonyl (C=O) groups is 13. The van der Waals surface area contributed by atoms with Gasteiger partial charge in [0.05, 0.1) is 79.5 Å². The fourth-order valence-electron chi connectivity index (χ4n) is 24.9. The molecule has 14 aliphatic rings. The highest BCUT2D eigenvalue weighted by atomic mass is 16.6. The molecule has 2 heterocycles. The van der Waals surface area contributed by atoms with Crippen LogP contribution in [0.2, 0.25) is 0 Å². The van der Waals surface area contributed by atoms with Gasteiger partial charge >= 0.3 is 29.8 Å². The molecule has 8 bridgehead atoms. The maximum atomic E-state index is 13.6. The SMILES string of the molecule is CC1C(=O)CC(=O)C1C1C(CC(C)(C)C(=O)OCCO)C2CC(C(=O)OC3Cc4ccccc43)C1C2.CC1C(=O)CC(=O)C1C1C2CC(CC2C(=O)OC2Cc3ccccc32)C1C1C(C)C2CC(C(=O)OCCO)C1C2.CC1C(=O)NC(=O)C1C1C(=O)N(C)C(=O)C1C1C(C)C2CC(C(=O)OCCO)C1C2. The zero-order chi connectivity index (χ0) is 75.5. The lowest BCUT2D eigenvalue weighted by molar-refractivity contribution is -0.162. The molecule has 30 atom stereocenters. The van der Waals surface area contributed by atoms with Crippen molar-refractivity contribution in [2.24, 2.45) is 171 Å². The fourth-order valence-corrected chi connectivity index (χ4v) is 24.9. The summed E-state index contributed by atoms with van der Waals surface area (Å²) >= 11 is 0. The van der Waals surface area contributed by atoms with Gasteiger partial charge in [0.2, 0.25) is 23.6 Å². The number of imide groups is 2. The van der Waals surface area contributed by atoms with E-state index < -0.39 is 52.7 Å². The summed E-state index contributed by atoms with van der Waals surface area (Å²) in [6.45, 7) is 12.6. The third-order valence-electron chi connectivity index (χ3n) is 29.7. The van der Waals surface area contributed by atoms with Crippen LogP contribution in [0.3, 0.4) is 0 Å². The van der Waals surface area contributed by atoms with Crippen molar-refractivity contribution in [2.45, 2.75) is 144 Å². The minimum Gasteiger partial charge on any atom is -0.463 e. The van der Waals surface area contributed by atoms with Crippen LogP contribution in [0.5, 0.6) is 0 Å². The minimum atomic E-state index is -0.898. The van der Waals surface area contributed by atoms with E-state index in [1.807, 2.05) is 71.0 Å². The van der Waals surface area contributed by atoms with Gasteiger partial charge in [-0.25, -0.2) is 0 Å². The standard InChI is InChI=1S/C33H40O7.C29H36O7.C21H28N2O7/c1-15-18-9-21(23(10-18)32(37)39-8-7-34)28(15)30-19-11-22(31(30)29-16(2)25(35)14-26(29)36)24(12-19)33(38)40-27-13-17-5-3-4-6-20(17)27;1-15-22(31)13-23(32)25(15)26-19-10-17(21(26)14-29(2,3)28(34)35-9-8-30)11-20(19)27(33)36-24-12-16-6-4-5-7-18(16)24;1-8-10-6-11(12(7-10)21(29)30-5-4-24)13(8)15-16(20(28)23(3)19(15)27)14-9(2)17(25)22-18(14)26/h3-6,15-16,18-19,21-24,27-31,34H,7-14H2,1-2H3;4-7,15,17,19-21,24-26,30H,8-14H2,1-3H3;8-16,24H,4-7H2,1-3H3,(H,22,25,26). The minimum absolute atomic E-state index is 0.00277. The van der Waals surface area contributed by atoms with E-state index in [4.69, 9.17) is 33.9 Å². The fraction of sp³-hybridized carbons (Fsp3) is 0.699. The molecule has 2 saturated heterocycles. The van der Waals surface area contributed by atoms with Crippen molar-refractivity contribution in [1.29, 1.82) is 0 Å². The summed E-state index contributed by atoms with van der Waals surface area (Å²) in [5.41, 5.74) is 3.79. The Morgan fingerprint density at radius 1 is 0.453 bits per heavy atom. The number of fused-ring (bicyclic) bond motifs is 10. The van der Waals surface area contributed by atoms with E-state index in [1.165, 1.54) is 18.2 Å². The molecule has 12 fully saturated rings. The van der Waals surface area contributed by atoms with Gasteiger partial charge in [0.15, 0.2) is 0 Å². The summed E-state index contributed by atoms with van der Waals surface area (Å²) in [5.74, 6) is -6.83. The van der Waals surface area contributed by atoms with Crippen molar-refractivity contribution < 1.29 is 101 Å². The van der Waals surface area contributed by atoms with Crippen LogP contribution >= 0.6 is 0 Å². The van der Waals surface area contributed by atoms with Crippen molar-refractivity contribution in [3.05, 3.63) is 70.8 Å². The molecule has 12 aliphatic carbocycles. The number of hydrogen-bond acceptors (Lipinski definition) is 21. The first-order chi connectivity index (χ1) is 50.6. The highest BCUT2D eigenvalue weighted by Crippen LogP contribution is 2.70. The van der Waals surface area contributed by atoms with Crippen molar-refractivity contribution in [2.75, 3.05) is 46.7 Å². The number of ether oxygens (including phenoxy) is 5. The van der Waals surface area contributed by atoms with Gasteiger partial charge in [-0.1, -0.05) is 83.1 Å². The number of nitrogens with zero attached hydrogens (tertiary/aromatic N) is 1. The van der Waals surface area contributed by atoms with Crippen LogP contribution in [0, 0.1) is 171 Å². The van der Waals surface area contributed by atoms with Crippen molar-refractivity contribution in [3.63, 3.8) is 0 Å². The maximum absolute atomic E-state index is 13.6. The van der Waals surface area contributed by atoms with Gasteiger partial charge in [0.25, 0.3) is 0 Å². The number of hydrogen-bond donors (Lipinski definition) is 4. The number of carbonyl (C=O) groups excluding carboxylic acids is 13. The lowest BCUT2D eigenvalue weighted by Crippen LogP contribution is -2.47. The first-order valence-electron chi connectivity index (χ1n) is 39.3. The monoisotopic (exact) mass is 1460 g/mol. The molecule has 0 aromatic heterocycles. The zero-order valence-electron chi connectivity index (χ0n) is 62.0. The molecule has 16 rings (SSSR count). The number of esters is 5. The molecular formula is C83H104N2O21. The summed E-state index contributed by atoms with van der Waals surface area (Å²) in [4.78, 5) is 169. The normalized spacial score (nSPS) is 40.8. The first kappa shape index (κ1) is 75.4. The molecule has 30 unspecified atom stereocenters. The van der Waals surface area contributed by atoms with E-state index in [9.17, 15) is 67.4 Å². The van der Waals surface area contributed by atoms with Gasteiger partial charge < -0.3 is 39.0 Å². The van der Waals surface area contributed by atoms with Crippen molar-refractivity contribution >= 4 is 76.6 Å². The Morgan fingerprint density at radius 3 is 1.36 bits per heavy atom. The van der Waals surface area contributed by atoms with Crippen LogP contribution < -0.4 is 5.32 Å². The number of Topliss-reactive ketones (excluding diaryl/α,β-unsaturated/α-hetero) is 4. The van der Waals surface area contributed by atoms with Crippen LogP contribution in [-0.4, -0.2) is 144 Å². The van der Waals surface area contributed by atoms with Crippen LogP contribution in [0.15, 0.2) is 48.5 Å². The summed E-state index contributed by atoms with van der Waals surface area (Å²) in [6, 6.07) is 16.1. The predicted molar refractivity (Wildman–Crippen MR) is 374 cm³/mol. The Kier molecular flexibility index (Phi) is 21.0. The van der Waals surface area contributed by atoms with Gasteiger partial charge in [-0.3, -0.25) is 72.5 Å².